The molecule has 0 saturated heterocycles. The summed E-state index contributed by atoms with van der Waals surface area (Å²) in [5, 5.41) is 9.10. The van der Waals surface area contributed by atoms with E-state index >= 15 is 0 Å². The lowest BCUT2D eigenvalue weighted by Crippen LogP contribution is -2.13. The summed E-state index contributed by atoms with van der Waals surface area (Å²) >= 11 is 4.87. The third-order valence-corrected chi connectivity index (χ3v) is 4.61. The lowest BCUT2D eigenvalue weighted by molar-refractivity contribution is 0.0694. The van der Waals surface area contributed by atoms with Crippen LogP contribution >= 0.6 is 27.3 Å². The molecule has 4 heteroatoms. The molecule has 0 atom stereocenters. The fraction of sp³-hybridized carbons (Fsp3) is 0.500. The number of rotatable bonds is 2. The molecule has 14 heavy (non-hydrogen) atoms. The van der Waals surface area contributed by atoms with E-state index in [0.29, 0.717) is 11.5 Å². The molecule has 0 amide bonds. The van der Waals surface area contributed by atoms with E-state index < -0.39 is 5.97 Å². The first-order chi connectivity index (χ1) is 6.61. The van der Waals surface area contributed by atoms with Gasteiger partial charge in [-0.3, -0.25) is 0 Å². The molecule has 1 N–H and O–H groups in total. The Morgan fingerprint density at radius 1 is 1.57 bits per heavy atom. The van der Waals surface area contributed by atoms with Crippen LogP contribution in [0.1, 0.15) is 46.0 Å². The van der Waals surface area contributed by atoms with Crippen LogP contribution in [0, 0.1) is 6.92 Å². The largest absolute Gasteiger partial charge is 0.478 e. The van der Waals surface area contributed by atoms with Gasteiger partial charge < -0.3 is 5.11 Å². The second kappa shape index (κ2) is 3.66. The van der Waals surface area contributed by atoms with Gasteiger partial charge in [0.2, 0.25) is 0 Å². The maximum Gasteiger partial charge on any atom is 0.338 e. The van der Waals surface area contributed by atoms with Gasteiger partial charge in [0.25, 0.3) is 0 Å². The number of carbonyl (C=O) groups is 1. The highest BCUT2D eigenvalue weighted by molar-refractivity contribution is 9.11. The normalized spacial score (nSPS) is 16.7. The van der Waals surface area contributed by atoms with Crippen molar-refractivity contribution < 1.29 is 9.90 Å². The van der Waals surface area contributed by atoms with Crippen LogP contribution in [0.3, 0.4) is 0 Å². The fourth-order valence-corrected chi connectivity index (χ4v) is 3.97. The Hall–Kier alpha value is -0.350. The average Bonchev–Trinajstić information content (AvgIpc) is 2.23. The molecule has 0 spiro atoms. The van der Waals surface area contributed by atoms with Crippen molar-refractivity contribution in [1.29, 1.82) is 0 Å². The van der Waals surface area contributed by atoms with Crippen molar-refractivity contribution in [2.75, 3.05) is 0 Å². The molecule has 2 nitrogen and oxygen atoms in total. The molecule has 2 rings (SSSR count). The van der Waals surface area contributed by atoms with Crippen LogP contribution in [0.4, 0.5) is 0 Å². The van der Waals surface area contributed by atoms with Gasteiger partial charge >= 0.3 is 5.97 Å². The summed E-state index contributed by atoms with van der Waals surface area (Å²) in [6.45, 7) is 2.01. The Morgan fingerprint density at radius 3 is 2.64 bits per heavy atom. The van der Waals surface area contributed by atoms with Crippen LogP contribution in [0.2, 0.25) is 0 Å². The van der Waals surface area contributed by atoms with Crippen LogP contribution < -0.4 is 0 Å². The predicted octanol–water partition coefficient (Wildman–Crippen LogP) is 3.78. The first-order valence-corrected chi connectivity index (χ1v) is 6.24. The zero-order valence-corrected chi connectivity index (χ0v) is 10.2. The maximum atomic E-state index is 11.1. The lowest BCUT2D eigenvalue weighted by atomic mass is 9.78. The van der Waals surface area contributed by atoms with E-state index in [-0.39, 0.29) is 0 Å². The topological polar surface area (TPSA) is 37.3 Å². The molecule has 1 aliphatic carbocycles. The van der Waals surface area contributed by atoms with Crippen molar-refractivity contribution in [3.63, 3.8) is 0 Å². The monoisotopic (exact) mass is 274 g/mol. The quantitative estimate of drug-likeness (QED) is 0.891. The van der Waals surface area contributed by atoms with Crippen molar-refractivity contribution >= 4 is 33.2 Å². The van der Waals surface area contributed by atoms with Crippen LogP contribution in [-0.2, 0) is 0 Å². The summed E-state index contributed by atoms with van der Waals surface area (Å²) < 4.78 is 0.768. The Kier molecular flexibility index (Phi) is 2.66. The van der Waals surface area contributed by atoms with E-state index in [1.807, 2.05) is 6.92 Å². The van der Waals surface area contributed by atoms with E-state index in [2.05, 4.69) is 15.9 Å². The van der Waals surface area contributed by atoms with Gasteiger partial charge in [0.15, 0.2) is 0 Å². The molecule has 0 radical (unpaired) electrons. The number of halogens is 1. The number of hydrogen-bond acceptors (Lipinski definition) is 2. The zero-order valence-electron chi connectivity index (χ0n) is 7.84. The van der Waals surface area contributed by atoms with E-state index in [1.165, 1.54) is 17.8 Å². The molecule has 0 aliphatic heterocycles. The van der Waals surface area contributed by atoms with E-state index in [1.54, 1.807) is 0 Å². The molecule has 0 bridgehead atoms. The Balaban J connectivity index is 2.49. The minimum absolute atomic E-state index is 0.489. The molecule has 1 aromatic rings. The standard InChI is InChI=1S/C10H11BrO2S/c1-5-7(6-3-2-4-6)8(10(12)13)9(11)14-5/h6H,2-4H2,1H3,(H,12,13). The summed E-state index contributed by atoms with van der Waals surface area (Å²) in [7, 11) is 0. The van der Waals surface area contributed by atoms with Gasteiger partial charge in [-0.25, -0.2) is 4.79 Å². The van der Waals surface area contributed by atoms with Crippen LogP contribution in [-0.4, -0.2) is 11.1 Å². The summed E-state index contributed by atoms with van der Waals surface area (Å²) in [5.41, 5.74) is 1.57. The highest BCUT2D eigenvalue weighted by Crippen LogP contribution is 2.45. The van der Waals surface area contributed by atoms with E-state index in [4.69, 9.17) is 5.11 Å². The molecule has 1 aliphatic rings. The van der Waals surface area contributed by atoms with E-state index in [9.17, 15) is 4.79 Å². The highest BCUT2D eigenvalue weighted by atomic mass is 79.9. The summed E-state index contributed by atoms with van der Waals surface area (Å²) in [4.78, 5) is 12.2. The molecule has 1 saturated carbocycles. The third-order valence-electron chi connectivity index (χ3n) is 2.82. The number of aromatic carboxylic acids is 1. The Bertz CT molecular complexity index is 380. The first kappa shape index (κ1) is 10.2. The minimum Gasteiger partial charge on any atom is -0.478 e. The van der Waals surface area contributed by atoms with Crippen molar-refractivity contribution in [3.05, 3.63) is 19.8 Å². The molecule has 1 aromatic heterocycles. The number of carboxylic acids is 1. The van der Waals surface area contributed by atoms with Crippen molar-refractivity contribution in [3.8, 4) is 0 Å². The smallest absolute Gasteiger partial charge is 0.338 e. The van der Waals surface area contributed by atoms with Crippen LogP contribution in [0.25, 0.3) is 0 Å². The molecular weight excluding hydrogens is 264 g/mol. The first-order valence-electron chi connectivity index (χ1n) is 4.63. The molecule has 1 fully saturated rings. The SMILES string of the molecule is Cc1sc(Br)c(C(=O)O)c1C1CCC1. The number of hydrogen-bond donors (Lipinski definition) is 1. The van der Waals surface area contributed by atoms with Crippen LogP contribution in [0.15, 0.2) is 3.79 Å². The third kappa shape index (κ3) is 1.50. The fourth-order valence-electron chi connectivity index (χ4n) is 1.91. The van der Waals surface area contributed by atoms with Crippen molar-refractivity contribution in [2.24, 2.45) is 0 Å². The van der Waals surface area contributed by atoms with Crippen LogP contribution in [0.5, 0.6) is 0 Å². The second-order valence-corrected chi connectivity index (χ2v) is 6.20. The van der Waals surface area contributed by atoms with Gasteiger partial charge in [-0.05, 0) is 47.2 Å². The number of thiophene rings is 1. The van der Waals surface area contributed by atoms with Crippen molar-refractivity contribution in [1.82, 2.24) is 0 Å². The van der Waals surface area contributed by atoms with Gasteiger partial charge in [0.05, 0.1) is 9.35 Å². The zero-order chi connectivity index (χ0) is 10.3. The Morgan fingerprint density at radius 2 is 2.21 bits per heavy atom. The summed E-state index contributed by atoms with van der Waals surface area (Å²) in [5.74, 6) is -0.313. The maximum absolute atomic E-state index is 11.1. The molecule has 1 heterocycles. The molecule has 76 valence electrons. The molecule has 0 aromatic carbocycles. The lowest BCUT2D eigenvalue weighted by Gasteiger charge is -2.26. The van der Waals surface area contributed by atoms with Gasteiger partial charge in [-0.2, -0.15) is 0 Å². The van der Waals surface area contributed by atoms with Crippen molar-refractivity contribution in [2.45, 2.75) is 32.1 Å². The molecular formula is C10H11BrO2S. The highest BCUT2D eigenvalue weighted by Gasteiger charge is 2.29. The summed E-state index contributed by atoms with van der Waals surface area (Å²) in [6, 6.07) is 0. The average molecular weight is 275 g/mol. The predicted molar refractivity (Wildman–Crippen MR) is 60.3 cm³/mol. The number of carboxylic acid groups (broad SMARTS) is 1. The summed E-state index contributed by atoms with van der Waals surface area (Å²) in [6.07, 6.45) is 3.52. The molecule has 0 unspecified atom stereocenters. The Labute approximate surface area is 95.1 Å². The van der Waals surface area contributed by atoms with Gasteiger partial charge in [0, 0.05) is 4.88 Å². The van der Waals surface area contributed by atoms with E-state index in [0.717, 1.165) is 27.1 Å². The van der Waals surface area contributed by atoms with Gasteiger partial charge in [-0.15, -0.1) is 11.3 Å². The van der Waals surface area contributed by atoms with Gasteiger partial charge in [0.1, 0.15) is 0 Å². The minimum atomic E-state index is -0.803. The second-order valence-electron chi connectivity index (χ2n) is 3.65. The number of aryl methyl sites for hydroxylation is 1. The van der Waals surface area contributed by atoms with Gasteiger partial charge in [-0.1, -0.05) is 6.42 Å².